The van der Waals surface area contributed by atoms with Crippen molar-refractivity contribution in [2.75, 3.05) is 5.48 Å². The molecule has 1 aromatic heterocycles. The summed E-state index contributed by atoms with van der Waals surface area (Å²) in [4.78, 5) is 3.18. The average Bonchev–Trinajstić information content (AvgIpc) is 2.38. The van der Waals surface area contributed by atoms with Gasteiger partial charge in [-0.15, -0.1) is 10.2 Å². The van der Waals surface area contributed by atoms with E-state index in [9.17, 15) is 13.2 Å². The lowest BCUT2D eigenvalue weighted by atomic mass is 10.1. The Balaban J connectivity index is 2.51. The zero-order valence-corrected chi connectivity index (χ0v) is 8.81. The van der Waals surface area contributed by atoms with Crippen LogP contribution in [-0.4, -0.2) is 20.4 Å². The molecule has 0 unspecified atom stereocenters. The van der Waals surface area contributed by atoms with Gasteiger partial charge >= 0.3 is 6.18 Å². The van der Waals surface area contributed by atoms with Gasteiger partial charge in [0.25, 0.3) is 5.82 Å². The summed E-state index contributed by atoms with van der Waals surface area (Å²) in [5.41, 5.74) is 2.12. The van der Waals surface area contributed by atoms with Crippen LogP contribution < -0.4 is 5.48 Å². The van der Waals surface area contributed by atoms with Crippen LogP contribution in [0.2, 0.25) is 0 Å². The number of nitrogens with zero attached hydrogens (tertiary/aromatic N) is 3. The third kappa shape index (κ3) is 2.38. The second-order valence-corrected chi connectivity index (χ2v) is 3.31. The molecule has 8 heteroatoms. The molecule has 1 heterocycles. The topological polar surface area (TPSA) is 70.9 Å². The van der Waals surface area contributed by atoms with Gasteiger partial charge in [0.15, 0.2) is 5.82 Å². The van der Waals surface area contributed by atoms with E-state index >= 15 is 0 Å². The van der Waals surface area contributed by atoms with E-state index in [-0.39, 0.29) is 5.69 Å². The zero-order valence-electron chi connectivity index (χ0n) is 8.81. The van der Waals surface area contributed by atoms with Crippen LogP contribution in [0.15, 0.2) is 30.3 Å². The normalized spacial score (nSPS) is 11.3. The molecule has 2 rings (SSSR count). The van der Waals surface area contributed by atoms with Crippen LogP contribution in [0.4, 0.5) is 19.0 Å². The molecule has 0 bridgehead atoms. The highest BCUT2D eigenvalue weighted by atomic mass is 19.4. The van der Waals surface area contributed by atoms with Gasteiger partial charge in [-0.1, -0.05) is 30.3 Å². The maximum Gasteiger partial charge on any atom is 0.453 e. The largest absolute Gasteiger partial charge is 0.453 e. The van der Waals surface area contributed by atoms with Crippen LogP contribution >= 0.6 is 0 Å². The average molecular weight is 256 g/mol. The van der Waals surface area contributed by atoms with Crippen molar-refractivity contribution in [3.63, 3.8) is 0 Å². The van der Waals surface area contributed by atoms with E-state index in [1.165, 1.54) is 0 Å². The maximum absolute atomic E-state index is 12.4. The summed E-state index contributed by atoms with van der Waals surface area (Å²) in [6.45, 7) is 0. The fourth-order valence-corrected chi connectivity index (χ4v) is 1.31. The van der Waals surface area contributed by atoms with Crippen molar-refractivity contribution in [1.29, 1.82) is 0 Å². The number of hydrogen-bond donors (Lipinski definition) is 2. The van der Waals surface area contributed by atoms with E-state index < -0.39 is 17.8 Å². The van der Waals surface area contributed by atoms with E-state index in [1.54, 1.807) is 35.8 Å². The van der Waals surface area contributed by atoms with Crippen molar-refractivity contribution in [3.8, 4) is 11.3 Å². The van der Waals surface area contributed by atoms with Gasteiger partial charge in [0.05, 0.1) is 0 Å². The highest BCUT2D eigenvalue weighted by Crippen LogP contribution is 2.29. The maximum atomic E-state index is 12.4. The summed E-state index contributed by atoms with van der Waals surface area (Å²) < 4.78 is 37.1. The molecule has 94 valence electrons. The molecule has 0 radical (unpaired) electrons. The summed E-state index contributed by atoms with van der Waals surface area (Å²) in [6, 6.07) is 8.31. The molecule has 0 aliphatic carbocycles. The lowest BCUT2D eigenvalue weighted by Crippen LogP contribution is -2.14. The van der Waals surface area contributed by atoms with Crippen LogP contribution in [-0.2, 0) is 6.18 Å². The van der Waals surface area contributed by atoms with Gasteiger partial charge in [-0.25, -0.2) is 4.98 Å². The van der Waals surface area contributed by atoms with Crippen molar-refractivity contribution in [2.24, 2.45) is 0 Å². The second kappa shape index (κ2) is 4.57. The van der Waals surface area contributed by atoms with Crippen LogP contribution in [0.25, 0.3) is 11.3 Å². The van der Waals surface area contributed by atoms with E-state index in [1.807, 2.05) is 0 Å². The number of alkyl halides is 3. The van der Waals surface area contributed by atoms with Gasteiger partial charge in [0.1, 0.15) is 5.69 Å². The van der Waals surface area contributed by atoms with Gasteiger partial charge in [0, 0.05) is 5.56 Å². The fraction of sp³-hybridized carbons (Fsp3) is 0.100. The third-order valence-electron chi connectivity index (χ3n) is 2.09. The Morgan fingerprint density at radius 3 is 2.28 bits per heavy atom. The molecule has 0 aliphatic rings. The molecule has 0 atom stereocenters. The number of benzene rings is 1. The van der Waals surface area contributed by atoms with E-state index in [4.69, 9.17) is 5.21 Å². The number of halogens is 3. The minimum Gasteiger partial charge on any atom is -0.290 e. The van der Waals surface area contributed by atoms with Crippen molar-refractivity contribution in [1.82, 2.24) is 15.2 Å². The molecule has 0 fully saturated rings. The zero-order chi connectivity index (χ0) is 13.2. The van der Waals surface area contributed by atoms with Gasteiger partial charge < -0.3 is 0 Å². The second-order valence-electron chi connectivity index (χ2n) is 3.31. The molecule has 0 spiro atoms. The van der Waals surface area contributed by atoms with Crippen molar-refractivity contribution < 1.29 is 18.4 Å². The molecule has 0 amide bonds. The Bertz CT molecular complexity index is 545. The lowest BCUT2D eigenvalue weighted by molar-refractivity contribution is -0.145. The predicted octanol–water partition coefficient (Wildman–Crippen LogP) is 2.36. The van der Waals surface area contributed by atoms with Crippen molar-refractivity contribution >= 4 is 5.82 Å². The van der Waals surface area contributed by atoms with Gasteiger partial charge in [0.2, 0.25) is 0 Å². The van der Waals surface area contributed by atoms with Crippen molar-refractivity contribution in [2.45, 2.75) is 6.18 Å². The SMILES string of the molecule is ONc1nc(C(F)(F)F)nnc1-c1ccccc1. The Kier molecular flexibility index (Phi) is 3.11. The molecule has 0 saturated heterocycles. The molecule has 2 N–H and O–H groups in total. The van der Waals surface area contributed by atoms with Gasteiger partial charge in [-0.05, 0) is 0 Å². The first kappa shape index (κ1) is 12.2. The standard InChI is InChI=1S/C10H7F3N4O/c11-10(12,13)9-14-8(17-18)7(15-16-9)6-4-2-1-3-5-6/h1-5,18H,(H,14,16,17). The first-order valence-corrected chi connectivity index (χ1v) is 4.80. The Labute approximate surface area is 99.3 Å². The molecular weight excluding hydrogens is 249 g/mol. The molecule has 2 aromatic rings. The fourth-order valence-electron chi connectivity index (χ4n) is 1.31. The number of anilines is 1. The highest BCUT2D eigenvalue weighted by molar-refractivity contribution is 5.69. The van der Waals surface area contributed by atoms with Gasteiger partial charge in [-0.2, -0.15) is 13.2 Å². The summed E-state index contributed by atoms with van der Waals surface area (Å²) >= 11 is 0. The summed E-state index contributed by atoms with van der Waals surface area (Å²) in [6.07, 6.45) is -4.71. The number of aromatic nitrogens is 3. The lowest BCUT2D eigenvalue weighted by Gasteiger charge is -2.09. The summed E-state index contributed by atoms with van der Waals surface area (Å²) in [5.74, 6) is -1.82. The number of rotatable bonds is 2. The first-order chi connectivity index (χ1) is 8.52. The monoisotopic (exact) mass is 256 g/mol. The first-order valence-electron chi connectivity index (χ1n) is 4.80. The number of nitrogens with one attached hydrogen (secondary N) is 1. The molecule has 1 aromatic carbocycles. The predicted molar refractivity (Wildman–Crippen MR) is 55.7 cm³/mol. The van der Waals surface area contributed by atoms with Crippen molar-refractivity contribution in [3.05, 3.63) is 36.2 Å². The Morgan fingerprint density at radius 2 is 1.72 bits per heavy atom. The van der Waals surface area contributed by atoms with E-state index in [0.29, 0.717) is 5.56 Å². The summed E-state index contributed by atoms with van der Waals surface area (Å²) in [5, 5.41) is 15.3. The number of hydrogen-bond acceptors (Lipinski definition) is 5. The highest BCUT2D eigenvalue weighted by Gasteiger charge is 2.36. The quantitative estimate of drug-likeness (QED) is 0.807. The molecular formula is C10H7F3N4O. The van der Waals surface area contributed by atoms with E-state index in [2.05, 4.69) is 15.2 Å². The third-order valence-corrected chi connectivity index (χ3v) is 2.09. The van der Waals surface area contributed by atoms with E-state index in [0.717, 1.165) is 0 Å². The molecule has 0 saturated carbocycles. The Hall–Kier alpha value is -2.22. The Morgan fingerprint density at radius 1 is 1.06 bits per heavy atom. The van der Waals surface area contributed by atoms with Gasteiger partial charge in [-0.3, -0.25) is 10.7 Å². The van der Waals surface area contributed by atoms with Crippen LogP contribution in [0.5, 0.6) is 0 Å². The minimum absolute atomic E-state index is 0.0334. The molecule has 0 aliphatic heterocycles. The smallest absolute Gasteiger partial charge is 0.290 e. The van der Waals surface area contributed by atoms with Crippen LogP contribution in [0.3, 0.4) is 0 Å². The minimum atomic E-state index is -4.71. The molecule has 18 heavy (non-hydrogen) atoms. The van der Waals surface area contributed by atoms with Crippen LogP contribution in [0.1, 0.15) is 5.82 Å². The van der Waals surface area contributed by atoms with Crippen LogP contribution in [0, 0.1) is 0 Å². The molecule has 5 nitrogen and oxygen atoms in total. The summed E-state index contributed by atoms with van der Waals surface area (Å²) in [7, 11) is 0.